The van der Waals surface area contributed by atoms with E-state index >= 15 is 0 Å². The van der Waals surface area contributed by atoms with Gasteiger partial charge >= 0.3 is 11.8 Å². The summed E-state index contributed by atoms with van der Waals surface area (Å²) in [5.74, 6) is -0.667. The first kappa shape index (κ1) is 23.7. The fourth-order valence-electron chi connectivity index (χ4n) is 3.38. The molecule has 0 spiro atoms. The molecule has 2 N–H and O–H groups in total. The molecule has 2 aromatic carbocycles. The molecule has 3 amide bonds. The van der Waals surface area contributed by atoms with Gasteiger partial charge in [-0.1, -0.05) is 22.0 Å². The second-order valence-corrected chi connectivity index (χ2v) is 8.23. The highest BCUT2D eigenvalue weighted by molar-refractivity contribution is 9.10. The second-order valence-electron chi connectivity index (χ2n) is 7.31. The lowest BCUT2D eigenvalue weighted by Gasteiger charge is -2.34. The Balaban J connectivity index is 1.36. The molecule has 9 heteroatoms. The molecule has 0 aromatic heterocycles. The van der Waals surface area contributed by atoms with Crippen molar-refractivity contribution in [2.45, 2.75) is 6.92 Å². The predicted octanol–water partition coefficient (Wildman–Crippen LogP) is 2.36. The van der Waals surface area contributed by atoms with Crippen molar-refractivity contribution in [3.63, 3.8) is 0 Å². The van der Waals surface area contributed by atoms with Gasteiger partial charge in [-0.05, 0) is 49.4 Å². The summed E-state index contributed by atoms with van der Waals surface area (Å²) in [5.41, 5.74) is 1.19. The van der Waals surface area contributed by atoms with Crippen molar-refractivity contribution >= 4 is 39.3 Å². The van der Waals surface area contributed by atoms with Gasteiger partial charge in [0, 0.05) is 55.0 Å². The number of halogens is 1. The molecule has 1 aliphatic rings. The summed E-state index contributed by atoms with van der Waals surface area (Å²) in [5, 5.41) is 5.21. The molecule has 0 radical (unpaired) electrons. The van der Waals surface area contributed by atoms with Crippen molar-refractivity contribution in [3.8, 4) is 5.75 Å². The minimum Gasteiger partial charge on any atom is -0.494 e. The predicted molar refractivity (Wildman–Crippen MR) is 126 cm³/mol. The Morgan fingerprint density at radius 2 is 1.72 bits per heavy atom. The molecule has 0 unspecified atom stereocenters. The van der Waals surface area contributed by atoms with Gasteiger partial charge in [0.25, 0.3) is 5.91 Å². The van der Waals surface area contributed by atoms with Crippen LogP contribution >= 0.6 is 15.9 Å². The van der Waals surface area contributed by atoms with Crippen molar-refractivity contribution in [1.82, 2.24) is 15.1 Å². The Kier molecular flexibility index (Phi) is 8.64. The Morgan fingerprint density at radius 1 is 1.00 bits per heavy atom. The van der Waals surface area contributed by atoms with Gasteiger partial charge in [0.15, 0.2) is 0 Å². The maximum Gasteiger partial charge on any atom is 0.313 e. The van der Waals surface area contributed by atoms with Crippen LogP contribution in [0, 0.1) is 0 Å². The first-order valence-electron chi connectivity index (χ1n) is 10.6. The van der Waals surface area contributed by atoms with E-state index in [2.05, 4.69) is 31.5 Å². The molecule has 1 aliphatic heterocycles. The number of amides is 3. The molecule has 0 saturated carbocycles. The highest BCUT2D eigenvalue weighted by atomic mass is 79.9. The van der Waals surface area contributed by atoms with Gasteiger partial charge in [-0.3, -0.25) is 19.3 Å². The van der Waals surface area contributed by atoms with Crippen molar-refractivity contribution in [2.24, 2.45) is 0 Å². The monoisotopic (exact) mass is 502 g/mol. The zero-order valence-corrected chi connectivity index (χ0v) is 19.6. The van der Waals surface area contributed by atoms with E-state index in [-0.39, 0.29) is 5.91 Å². The van der Waals surface area contributed by atoms with Crippen LogP contribution in [0.1, 0.15) is 17.3 Å². The summed E-state index contributed by atoms with van der Waals surface area (Å²) < 4.78 is 6.23. The number of nitrogens with one attached hydrogen (secondary N) is 2. The van der Waals surface area contributed by atoms with Crippen molar-refractivity contribution in [2.75, 3.05) is 51.2 Å². The van der Waals surface area contributed by atoms with E-state index in [1.165, 1.54) is 0 Å². The van der Waals surface area contributed by atoms with E-state index in [4.69, 9.17) is 4.74 Å². The third-order valence-corrected chi connectivity index (χ3v) is 5.57. The van der Waals surface area contributed by atoms with Crippen molar-refractivity contribution < 1.29 is 19.1 Å². The van der Waals surface area contributed by atoms with Gasteiger partial charge in [-0.2, -0.15) is 0 Å². The van der Waals surface area contributed by atoms with Crippen LogP contribution in [0.15, 0.2) is 53.0 Å². The number of piperazine rings is 1. The molecule has 3 rings (SSSR count). The molecule has 32 heavy (non-hydrogen) atoms. The quantitative estimate of drug-likeness (QED) is 0.567. The zero-order chi connectivity index (χ0) is 22.9. The molecule has 0 atom stereocenters. The number of hydrogen-bond acceptors (Lipinski definition) is 5. The van der Waals surface area contributed by atoms with E-state index in [1.807, 2.05) is 36.1 Å². The fourth-order valence-corrected chi connectivity index (χ4v) is 3.77. The Bertz CT molecular complexity index is 943. The van der Waals surface area contributed by atoms with Gasteiger partial charge in [-0.25, -0.2) is 0 Å². The van der Waals surface area contributed by atoms with E-state index < -0.39 is 11.8 Å². The van der Waals surface area contributed by atoms with Crippen LogP contribution in [-0.2, 0) is 9.59 Å². The van der Waals surface area contributed by atoms with Crippen LogP contribution in [0.2, 0.25) is 0 Å². The van der Waals surface area contributed by atoms with Gasteiger partial charge in [0.2, 0.25) is 0 Å². The molecule has 1 saturated heterocycles. The number of carbonyl (C=O) groups excluding carboxylic acids is 3. The highest BCUT2D eigenvalue weighted by Gasteiger charge is 2.22. The summed E-state index contributed by atoms with van der Waals surface area (Å²) in [6, 6.07) is 14.2. The van der Waals surface area contributed by atoms with Crippen LogP contribution in [0.4, 0.5) is 5.69 Å². The number of anilines is 1. The normalized spacial score (nSPS) is 14.0. The third-order valence-electron chi connectivity index (χ3n) is 5.07. The Hall–Kier alpha value is -2.91. The van der Waals surface area contributed by atoms with Crippen LogP contribution in [0.5, 0.6) is 5.75 Å². The molecule has 2 aromatic rings. The van der Waals surface area contributed by atoms with Crippen LogP contribution in [-0.4, -0.2) is 73.4 Å². The van der Waals surface area contributed by atoms with Gasteiger partial charge in [0.05, 0.1) is 6.61 Å². The summed E-state index contributed by atoms with van der Waals surface area (Å²) >= 11 is 3.39. The van der Waals surface area contributed by atoms with Gasteiger partial charge < -0.3 is 20.3 Å². The van der Waals surface area contributed by atoms with Crippen molar-refractivity contribution in [3.05, 3.63) is 58.6 Å². The average molecular weight is 503 g/mol. The van der Waals surface area contributed by atoms with E-state index in [0.29, 0.717) is 62.9 Å². The number of benzene rings is 2. The van der Waals surface area contributed by atoms with Crippen LogP contribution < -0.4 is 15.4 Å². The highest BCUT2D eigenvalue weighted by Crippen LogP contribution is 2.16. The molecule has 1 fully saturated rings. The number of ether oxygens (including phenoxy) is 1. The molecule has 0 bridgehead atoms. The Labute approximate surface area is 196 Å². The lowest BCUT2D eigenvalue weighted by Crippen LogP contribution is -2.50. The largest absolute Gasteiger partial charge is 0.494 e. The first-order valence-corrected chi connectivity index (χ1v) is 11.3. The van der Waals surface area contributed by atoms with E-state index in [9.17, 15) is 14.4 Å². The number of rotatable bonds is 7. The SMILES string of the molecule is CCOc1ccc(NC(=O)C(=O)NCCN2CCN(C(=O)c3cccc(Br)c3)CC2)cc1. The van der Waals surface area contributed by atoms with Crippen LogP contribution in [0.25, 0.3) is 0 Å². The Morgan fingerprint density at radius 3 is 2.38 bits per heavy atom. The standard InChI is InChI=1S/C23H27BrN4O4/c1-2-32-20-8-6-19(7-9-20)26-22(30)21(29)25-10-11-27-12-14-28(15-13-27)23(31)17-4-3-5-18(24)16-17/h3-9,16H,2,10-15H2,1H3,(H,25,29)(H,26,30). The second kappa shape index (κ2) is 11.6. The molecular formula is C23H27BrN4O4. The molecule has 0 aliphatic carbocycles. The van der Waals surface area contributed by atoms with Crippen molar-refractivity contribution in [1.29, 1.82) is 0 Å². The molecular weight excluding hydrogens is 476 g/mol. The summed E-state index contributed by atoms with van der Waals surface area (Å²) in [6.07, 6.45) is 0. The molecule has 170 valence electrons. The van der Waals surface area contributed by atoms with Crippen LogP contribution in [0.3, 0.4) is 0 Å². The summed E-state index contributed by atoms with van der Waals surface area (Å²) in [4.78, 5) is 40.7. The van der Waals surface area contributed by atoms with E-state index in [1.54, 1.807) is 24.3 Å². The minimum atomic E-state index is -0.710. The lowest BCUT2D eigenvalue weighted by molar-refractivity contribution is -0.136. The number of carbonyl (C=O) groups is 3. The smallest absolute Gasteiger partial charge is 0.313 e. The number of nitrogens with zero attached hydrogens (tertiary/aromatic N) is 2. The third kappa shape index (κ3) is 6.80. The molecule has 1 heterocycles. The maximum absolute atomic E-state index is 12.6. The summed E-state index contributed by atoms with van der Waals surface area (Å²) in [6.45, 7) is 6.10. The van der Waals surface area contributed by atoms with E-state index in [0.717, 1.165) is 4.47 Å². The fraction of sp³-hybridized carbons (Fsp3) is 0.348. The average Bonchev–Trinajstić information content (AvgIpc) is 2.80. The lowest BCUT2D eigenvalue weighted by atomic mass is 10.2. The minimum absolute atomic E-state index is 0.0187. The summed E-state index contributed by atoms with van der Waals surface area (Å²) in [7, 11) is 0. The molecule has 8 nitrogen and oxygen atoms in total. The zero-order valence-electron chi connectivity index (χ0n) is 18.0. The first-order chi connectivity index (χ1) is 15.5. The van der Waals surface area contributed by atoms with Gasteiger partial charge in [-0.15, -0.1) is 0 Å². The number of hydrogen-bond donors (Lipinski definition) is 2. The topological polar surface area (TPSA) is 91.0 Å². The van der Waals surface area contributed by atoms with Gasteiger partial charge in [0.1, 0.15) is 5.75 Å². The maximum atomic E-state index is 12.6.